The van der Waals surface area contributed by atoms with Gasteiger partial charge in [-0.25, -0.2) is 13.8 Å². The number of aldehydes is 1. The molecule has 70 valence electrons. The zero-order chi connectivity index (χ0) is 10.0. The predicted molar refractivity (Wildman–Crippen MR) is 44.0 cm³/mol. The molecule has 0 aliphatic rings. The van der Waals surface area contributed by atoms with Crippen molar-refractivity contribution in [2.24, 2.45) is 0 Å². The van der Waals surface area contributed by atoms with Gasteiger partial charge in [0, 0.05) is 5.56 Å². The summed E-state index contributed by atoms with van der Waals surface area (Å²) in [7, 11) is 0. The number of hydrogen-bond donors (Lipinski definition) is 1. The van der Waals surface area contributed by atoms with Gasteiger partial charge < -0.3 is 5.73 Å². The fraction of sp³-hybridized carbons (Fsp3) is 0.143. The molecule has 0 spiro atoms. The molecule has 0 aliphatic carbocycles. The second-order valence-corrected chi connectivity index (χ2v) is 2.62. The van der Waals surface area contributed by atoms with E-state index in [-0.39, 0.29) is 22.8 Å². The van der Waals surface area contributed by atoms with Gasteiger partial charge in [-0.2, -0.15) is 0 Å². The molecule has 6 heteroatoms. The average Bonchev–Trinajstić information content (AvgIpc) is 2.02. The first-order valence-corrected chi connectivity index (χ1v) is 3.63. The predicted octanol–water partition coefficient (Wildman–Crippen LogP) is 2.07. The van der Waals surface area contributed by atoms with Gasteiger partial charge in [0.05, 0.1) is 5.56 Å². The molecule has 1 aromatic heterocycles. The summed E-state index contributed by atoms with van der Waals surface area (Å²) < 4.78 is 24.5. The lowest BCUT2D eigenvalue weighted by molar-refractivity contribution is 0.110. The Bertz CT molecular complexity index is 344. The quantitative estimate of drug-likeness (QED) is 0.595. The van der Waals surface area contributed by atoms with E-state index < -0.39 is 12.0 Å². The molecule has 0 bridgehead atoms. The van der Waals surface area contributed by atoms with Crippen molar-refractivity contribution in [3.8, 4) is 0 Å². The van der Waals surface area contributed by atoms with Crippen LogP contribution < -0.4 is 5.73 Å². The lowest BCUT2D eigenvalue weighted by atomic mass is 10.1. The standard InChI is InChI=1S/C7H5ClF2N2O/c8-6-4(2-13)3(7(9)10)1-5(11)12-6/h1-2,7H,(H2,11,12). The van der Waals surface area contributed by atoms with Crippen molar-refractivity contribution in [3.05, 3.63) is 22.3 Å². The third-order valence-electron chi connectivity index (χ3n) is 1.42. The van der Waals surface area contributed by atoms with Crippen LogP contribution in [0.1, 0.15) is 22.3 Å². The minimum atomic E-state index is -2.79. The van der Waals surface area contributed by atoms with Gasteiger partial charge in [0.1, 0.15) is 11.0 Å². The van der Waals surface area contributed by atoms with Gasteiger partial charge in [0.15, 0.2) is 6.29 Å². The number of carbonyl (C=O) groups excluding carboxylic acids is 1. The molecular formula is C7H5ClF2N2O. The van der Waals surface area contributed by atoms with E-state index in [1.54, 1.807) is 0 Å². The van der Waals surface area contributed by atoms with Crippen molar-refractivity contribution in [1.82, 2.24) is 4.98 Å². The van der Waals surface area contributed by atoms with E-state index in [4.69, 9.17) is 17.3 Å². The Balaban J connectivity index is 3.38. The number of nitrogens with zero attached hydrogens (tertiary/aromatic N) is 1. The van der Waals surface area contributed by atoms with Crippen molar-refractivity contribution in [3.63, 3.8) is 0 Å². The topological polar surface area (TPSA) is 56.0 Å². The van der Waals surface area contributed by atoms with Gasteiger partial charge >= 0.3 is 0 Å². The zero-order valence-electron chi connectivity index (χ0n) is 6.30. The van der Waals surface area contributed by atoms with Gasteiger partial charge in [-0.05, 0) is 6.07 Å². The van der Waals surface area contributed by atoms with Crippen molar-refractivity contribution in [1.29, 1.82) is 0 Å². The third kappa shape index (κ3) is 1.92. The number of halogens is 3. The van der Waals surface area contributed by atoms with E-state index in [2.05, 4.69) is 4.98 Å². The maximum atomic E-state index is 12.3. The van der Waals surface area contributed by atoms with Crippen LogP contribution >= 0.6 is 11.6 Å². The van der Waals surface area contributed by atoms with E-state index in [0.717, 1.165) is 6.07 Å². The summed E-state index contributed by atoms with van der Waals surface area (Å²) in [5.41, 5.74) is 4.37. The number of anilines is 1. The summed E-state index contributed by atoms with van der Waals surface area (Å²) in [6, 6.07) is 0.931. The van der Waals surface area contributed by atoms with E-state index in [9.17, 15) is 13.6 Å². The van der Waals surface area contributed by atoms with E-state index in [1.807, 2.05) is 0 Å². The molecule has 0 saturated carbocycles. The van der Waals surface area contributed by atoms with E-state index in [1.165, 1.54) is 0 Å². The van der Waals surface area contributed by atoms with Gasteiger partial charge in [-0.3, -0.25) is 4.79 Å². The number of pyridine rings is 1. The molecule has 1 heterocycles. The molecule has 0 fully saturated rings. The van der Waals surface area contributed by atoms with Gasteiger partial charge in [-0.15, -0.1) is 0 Å². The smallest absolute Gasteiger partial charge is 0.264 e. The normalized spacial score (nSPS) is 10.5. The van der Waals surface area contributed by atoms with Gasteiger partial charge in [0.2, 0.25) is 0 Å². The summed E-state index contributed by atoms with van der Waals surface area (Å²) in [5, 5.41) is -0.301. The molecule has 0 aliphatic heterocycles. The molecule has 0 unspecified atom stereocenters. The zero-order valence-corrected chi connectivity index (χ0v) is 7.05. The van der Waals surface area contributed by atoms with Crippen LogP contribution in [-0.4, -0.2) is 11.3 Å². The second kappa shape index (κ2) is 3.66. The van der Waals surface area contributed by atoms with Gasteiger partial charge in [0.25, 0.3) is 6.43 Å². The monoisotopic (exact) mass is 206 g/mol. The maximum Gasteiger partial charge on any atom is 0.264 e. The number of alkyl halides is 2. The van der Waals surface area contributed by atoms with Crippen LogP contribution in [0, 0.1) is 0 Å². The second-order valence-electron chi connectivity index (χ2n) is 2.26. The van der Waals surface area contributed by atoms with Crippen LogP contribution in [0.4, 0.5) is 14.6 Å². The highest BCUT2D eigenvalue weighted by Gasteiger charge is 2.17. The number of rotatable bonds is 2. The Labute approximate surface area is 77.5 Å². The highest BCUT2D eigenvalue weighted by atomic mass is 35.5. The SMILES string of the molecule is Nc1cc(C(F)F)c(C=O)c(Cl)n1. The van der Waals surface area contributed by atoms with Crippen LogP contribution in [0.3, 0.4) is 0 Å². The summed E-state index contributed by atoms with van der Waals surface area (Å²) in [6.45, 7) is 0. The average molecular weight is 207 g/mol. The molecule has 0 amide bonds. The molecule has 0 saturated heterocycles. The molecule has 0 aromatic carbocycles. The van der Waals surface area contributed by atoms with Crippen LogP contribution in [0.15, 0.2) is 6.07 Å². The van der Waals surface area contributed by atoms with E-state index in [0.29, 0.717) is 0 Å². The van der Waals surface area contributed by atoms with Crippen molar-refractivity contribution in [2.75, 3.05) is 5.73 Å². The highest BCUT2D eigenvalue weighted by molar-refractivity contribution is 6.32. The summed E-state index contributed by atoms with van der Waals surface area (Å²) in [4.78, 5) is 13.8. The molecule has 2 N–H and O–H groups in total. The molecule has 13 heavy (non-hydrogen) atoms. The number of nitrogen functional groups attached to an aromatic ring is 1. The first-order chi connectivity index (χ1) is 6.06. The summed E-state index contributed by atoms with van der Waals surface area (Å²) in [5.74, 6) is -0.133. The summed E-state index contributed by atoms with van der Waals surface area (Å²) >= 11 is 5.42. The number of aromatic nitrogens is 1. The fourth-order valence-corrected chi connectivity index (χ4v) is 1.11. The van der Waals surface area contributed by atoms with Gasteiger partial charge in [-0.1, -0.05) is 11.6 Å². The highest BCUT2D eigenvalue weighted by Crippen LogP contribution is 2.27. The minimum absolute atomic E-state index is 0.133. The largest absolute Gasteiger partial charge is 0.384 e. The lowest BCUT2D eigenvalue weighted by Gasteiger charge is -2.05. The molecule has 1 aromatic rings. The minimum Gasteiger partial charge on any atom is -0.384 e. The Morgan fingerprint density at radius 2 is 2.23 bits per heavy atom. The lowest BCUT2D eigenvalue weighted by Crippen LogP contribution is -2.00. The van der Waals surface area contributed by atoms with Crippen molar-refractivity contribution >= 4 is 23.7 Å². The Hall–Kier alpha value is -1.23. The Kier molecular flexibility index (Phi) is 2.77. The molecule has 1 rings (SSSR count). The molecular weight excluding hydrogens is 202 g/mol. The van der Waals surface area contributed by atoms with E-state index >= 15 is 0 Å². The Morgan fingerprint density at radius 3 is 2.69 bits per heavy atom. The van der Waals surface area contributed by atoms with Crippen LogP contribution in [-0.2, 0) is 0 Å². The first-order valence-electron chi connectivity index (χ1n) is 3.25. The number of carbonyl (C=O) groups is 1. The Morgan fingerprint density at radius 1 is 1.62 bits per heavy atom. The maximum absolute atomic E-state index is 12.3. The van der Waals surface area contributed by atoms with Crippen LogP contribution in [0.25, 0.3) is 0 Å². The summed E-state index contributed by atoms with van der Waals surface area (Å²) in [6.07, 6.45) is -2.56. The number of nitrogens with two attached hydrogens (primary N) is 1. The molecule has 0 radical (unpaired) electrons. The fourth-order valence-electron chi connectivity index (χ4n) is 0.859. The number of hydrogen-bond acceptors (Lipinski definition) is 3. The molecule has 0 atom stereocenters. The molecule has 3 nitrogen and oxygen atoms in total. The van der Waals surface area contributed by atoms with Crippen molar-refractivity contribution in [2.45, 2.75) is 6.43 Å². The third-order valence-corrected chi connectivity index (χ3v) is 1.70. The first kappa shape index (κ1) is 9.85. The van der Waals surface area contributed by atoms with Crippen LogP contribution in [0.2, 0.25) is 5.15 Å². The van der Waals surface area contributed by atoms with Crippen molar-refractivity contribution < 1.29 is 13.6 Å². The van der Waals surface area contributed by atoms with Crippen LogP contribution in [0.5, 0.6) is 0 Å².